The molecule has 0 atom stereocenters. The van der Waals surface area contributed by atoms with Crippen LogP contribution in [-0.4, -0.2) is 27.0 Å². The van der Waals surface area contributed by atoms with Crippen molar-refractivity contribution < 1.29 is 0 Å². The SMILES string of the molecule is CNc1nc2c(CCCCc3ccccc3)c3nc(N)[nH]c(=O)c3cc2[nH]1. The second kappa shape index (κ2) is 7.11. The van der Waals surface area contributed by atoms with Crippen LogP contribution in [0.15, 0.2) is 41.2 Å². The van der Waals surface area contributed by atoms with E-state index in [9.17, 15) is 4.79 Å². The summed E-state index contributed by atoms with van der Waals surface area (Å²) >= 11 is 0. The summed E-state index contributed by atoms with van der Waals surface area (Å²) in [5, 5.41) is 3.54. The molecule has 2 heterocycles. The van der Waals surface area contributed by atoms with Gasteiger partial charge in [-0.2, -0.15) is 0 Å². The molecule has 138 valence electrons. The van der Waals surface area contributed by atoms with Gasteiger partial charge in [-0.15, -0.1) is 0 Å². The predicted molar refractivity (Wildman–Crippen MR) is 109 cm³/mol. The molecule has 0 aliphatic rings. The van der Waals surface area contributed by atoms with Crippen molar-refractivity contribution in [2.75, 3.05) is 18.1 Å². The van der Waals surface area contributed by atoms with E-state index >= 15 is 0 Å². The molecule has 4 aromatic rings. The minimum atomic E-state index is -0.231. The number of aromatic nitrogens is 4. The Bertz CT molecular complexity index is 1150. The van der Waals surface area contributed by atoms with E-state index in [0.717, 1.165) is 42.3 Å². The van der Waals surface area contributed by atoms with E-state index in [4.69, 9.17) is 5.73 Å². The van der Waals surface area contributed by atoms with Crippen LogP contribution in [0.2, 0.25) is 0 Å². The predicted octanol–water partition coefficient (Wildman–Crippen LogP) is 2.99. The van der Waals surface area contributed by atoms with E-state index in [-0.39, 0.29) is 11.5 Å². The molecule has 4 rings (SSSR count). The number of fused-ring (bicyclic) bond motifs is 2. The van der Waals surface area contributed by atoms with Crippen molar-refractivity contribution in [1.82, 2.24) is 19.9 Å². The number of rotatable bonds is 6. The number of unbranched alkanes of at least 4 members (excludes halogenated alkanes) is 1. The van der Waals surface area contributed by atoms with Gasteiger partial charge >= 0.3 is 0 Å². The molecule has 5 N–H and O–H groups in total. The van der Waals surface area contributed by atoms with Crippen LogP contribution in [0.3, 0.4) is 0 Å². The van der Waals surface area contributed by atoms with Crippen molar-refractivity contribution in [3.8, 4) is 0 Å². The van der Waals surface area contributed by atoms with E-state index < -0.39 is 0 Å². The molecule has 7 nitrogen and oxygen atoms in total. The van der Waals surface area contributed by atoms with Gasteiger partial charge < -0.3 is 16.0 Å². The lowest BCUT2D eigenvalue weighted by Crippen LogP contribution is -2.12. The number of hydrogen-bond acceptors (Lipinski definition) is 5. The van der Waals surface area contributed by atoms with E-state index in [1.807, 2.05) is 6.07 Å². The molecule has 27 heavy (non-hydrogen) atoms. The van der Waals surface area contributed by atoms with Crippen molar-refractivity contribution in [2.45, 2.75) is 25.7 Å². The van der Waals surface area contributed by atoms with E-state index in [1.54, 1.807) is 13.1 Å². The second-order valence-corrected chi connectivity index (χ2v) is 6.63. The first-order valence-electron chi connectivity index (χ1n) is 9.08. The van der Waals surface area contributed by atoms with Crippen LogP contribution >= 0.6 is 0 Å². The first-order valence-corrected chi connectivity index (χ1v) is 9.08. The van der Waals surface area contributed by atoms with Gasteiger partial charge in [0.1, 0.15) is 0 Å². The van der Waals surface area contributed by atoms with Gasteiger partial charge in [-0.3, -0.25) is 9.78 Å². The molecule has 0 saturated heterocycles. The lowest BCUT2D eigenvalue weighted by atomic mass is 10.0. The molecular weight excluding hydrogens is 340 g/mol. The lowest BCUT2D eigenvalue weighted by molar-refractivity contribution is 0.738. The Morgan fingerprint density at radius 2 is 1.81 bits per heavy atom. The lowest BCUT2D eigenvalue weighted by Gasteiger charge is -2.08. The largest absolute Gasteiger partial charge is 0.369 e. The Balaban J connectivity index is 1.69. The number of benzene rings is 2. The third kappa shape index (κ3) is 3.36. The molecule has 7 heteroatoms. The zero-order chi connectivity index (χ0) is 18.8. The summed E-state index contributed by atoms with van der Waals surface area (Å²) in [6, 6.07) is 12.2. The van der Waals surface area contributed by atoms with Gasteiger partial charge in [0.15, 0.2) is 0 Å². The van der Waals surface area contributed by atoms with Crippen LogP contribution in [0.1, 0.15) is 24.0 Å². The minimum absolute atomic E-state index is 0.127. The highest BCUT2D eigenvalue weighted by molar-refractivity contribution is 5.98. The van der Waals surface area contributed by atoms with Gasteiger partial charge in [0.2, 0.25) is 11.9 Å². The number of nitrogens with one attached hydrogen (secondary N) is 3. The van der Waals surface area contributed by atoms with E-state index in [1.165, 1.54) is 5.56 Å². The number of nitrogens with two attached hydrogens (primary N) is 1. The van der Waals surface area contributed by atoms with Gasteiger partial charge in [-0.1, -0.05) is 30.3 Å². The highest BCUT2D eigenvalue weighted by Crippen LogP contribution is 2.27. The summed E-state index contributed by atoms with van der Waals surface area (Å²) in [5.41, 5.74) is 10.2. The summed E-state index contributed by atoms with van der Waals surface area (Å²) in [6.07, 6.45) is 3.82. The normalized spacial score (nSPS) is 11.3. The van der Waals surface area contributed by atoms with Crippen LogP contribution in [0.25, 0.3) is 21.9 Å². The maximum atomic E-state index is 12.4. The monoisotopic (exact) mass is 362 g/mol. The van der Waals surface area contributed by atoms with Gasteiger partial charge in [-0.25, -0.2) is 9.97 Å². The quantitative estimate of drug-likeness (QED) is 0.394. The molecule has 0 fully saturated rings. The van der Waals surface area contributed by atoms with Gasteiger partial charge in [0.25, 0.3) is 5.56 Å². The smallest absolute Gasteiger partial charge is 0.260 e. The molecule has 2 aromatic heterocycles. The third-order valence-electron chi connectivity index (χ3n) is 4.79. The fraction of sp³-hybridized carbons (Fsp3) is 0.250. The summed E-state index contributed by atoms with van der Waals surface area (Å²) in [6.45, 7) is 0. The minimum Gasteiger partial charge on any atom is -0.369 e. The molecule has 0 aliphatic heterocycles. The Morgan fingerprint density at radius 3 is 2.59 bits per heavy atom. The standard InChI is InChI=1S/C20H22N6O/c1-22-20-23-15-11-14-16(24-19(21)26-18(14)27)13(17(15)25-20)10-6-5-9-12-7-3-2-4-8-12/h2-4,7-8,11H,5-6,9-10H2,1H3,(H2,22,23,25)(H3,21,24,26,27). The van der Waals surface area contributed by atoms with Crippen LogP contribution < -0.4 is 16.6 Å². The van der Waals surface area contributed by atoms with Gasteiger partial charge in [-0.05, 0) is 37.3 Å². The number of aryl methyl sites for hydroxylation is 2. The van der Waals surface area contributed by atoms with Crippen molar-refractivity contribution in [3.63, 3.8) is 0 Å². The average Bonchev–Trinajstić information content (AvgIpc) is 3.09. The zero-order valence-corrected chi connectivity index (χ0v) is 15.2. The van der Waals surface area contributed by atoms with E-state index in [2.05, 4.69) is 49.5 Å². The maximum Gasteiger partial charge on any atom is 0.260 e. The first-order chi connectivity index (χ1) is 13.2. The summed E-state index contributed by atoms with van der Waals surface area (Å²) < 4.78 is 0. The Labute approximate surface area is 156 Å². The zero-order valence-electron chi connectivity index (χ0n) is 15.2. The van der Waals surface area contributed by atoms with Crippen LogP contribution in [-0.2, 0) is 12.8 Å². The molecular formula is C20H22N6O. The highest BCUT2D eigenvalue weighted by Gasteiger charge is 2.15. The summed E-state index contributed by atoms with van der Waals surface area (Å²) in [7, 11) is 1.81. The van der Waals surface area contributed by atoms with E-state index in [0.29, 0.717) is 16.9 Å². The number of imidazole rings is 1. The highest BCUT2D eigenvalue weighted by atomic mass is 16.1. The van der Waals surface area contributed by atoms with Crippen molar-refractivity contribution >= 4 is 33.8 Å². The number of anilines is 2. The topological polar surface area (TPSA) is 112 Å². The number of nitrogen functional groups attached to an aromatic ring is 1. The average molecular weight is 362 g/mol. The van der Waals surface area contributed by atoms with Crippen molar-refractivity contribution in [3.05, 3.63) is 57.9 Å². The van der Waals surface area contributed by atoms with Gasteiger partial charge in [0.05, 0.1) is 21.9 Å². The van der Waals surface area contributed by atoms with Gasteiger partial charge in [0, 0.05) is 12.6 Å². The molecule has 0 amide bonds. The maximum absolute atomic E-state index is 12.4. The number of hydrogen-bond donors (Lipinski definition) is 4. The van der Waals surface area contributed by atoms with Crippen molar-refractivity contribution in [1.29, 1.82) is 0 Å². The van der Waals surface area contributed by atoms with Crippen molar-refractivity contribution in [2.24, 2.45) is 0 Å². The molecule has 0 radical (unpaired) electrons. The van der Waals surface area contributed by atoms with Crippen LogP contribution in [0, 0.1) is 0 Å². The summed E-state index contributed by atoms with van der Waals surface area (Å²) in [4.78, 5) is 27.2. The fourth-order valence-corrected chi connectivity index (χ4v) is 3.47. The number of nitrogens with zero attached hydrogens (tertiary/aromatic N) is 2. The summed E-state index contributed by atoms with van der Waals surface area (Å²) in [5.74, 6) is 0.789. The van der Waals surface area contributed by atoms with Crippen LogP contribution in [0.4, 0.5) is 11.9 Å². The molecule has 0 aliphatic carbocycles. The molecule has 2 aromatic carbocycles. The Morgan fingerprint density at radius 1 is 1.04 bits per heavy atom. The van der Waals surface area contributed by atoms with Crippen LogP contribution in [0.5, 0.6) is 0 Å². The second-order valence-electron chi connectivity index (χ2n) is 6.63. The number of H-pyrrole nitrogens is 2. The Kier molecular flexibility index (Phi) is 4.50. The Hall–Kier alpha value is -3.35. The molecule has 0 unspecified atom stereocenters. The molecule has 0 bridgehead atoms. The third-order valence-corrected chi connectivity index (χ3v) is 4.79. The molecule has 0 spiro atoms. The first kappa shape index (κ1) is 17.1. The fourth-order valence-electron chi connectivity index (χ4n) is 3.47. The molecule has 0 saturated carbocycles. The number of aromatic amines is 2.